The Labute approximate surface area is 64.2 Å². The summed E-state index contributed by atoms with van der Waals surface area (Å²) >= 11 is 0. The quantitative estimate of drug-likeness (QED) is 0.644. The Kier molecular flexibility index (Phi) is 3.78. The number of hydrogen-bond donors (Lipinski definition) is 2. The molecule has 0 atom stereocenters. The Balaban J connectivity index is 3.46. The molecular weight excluding hydrogens is 154 g/mol. The van der Waals surface area contributed by atoms with Gasteiger partial charge in [-0.1, -0.05) is 0 Å². The SMILES string of the molecule is CCNC(=O)NCC(C)(F)F. The molecule has 0 aliphatic carbocycles. The standard InChI is InChI=1S/C6H12F2N2O/c1-3-9-5(11)10-4-6(2,7)8/h3-4H2,1-2H3,(H2,9,10,11). The van der Waals surface area contributed by atoms with Gasteiger partial charge in [-0.15, -0.1) is 0 Å². The zero-order valence-corrected chi connectivity index (χ0v) is 6.58. The summed E-state index contributed by atoms with van der Waals surface area (Å²) < 4.78 is 24.2. The van der Waals surface area contributed by atoms with Gasteiger partial charge in [0.25, 0.3) is 5.92 Å². The van der Waals surface area contributed by atoms with Crippen LogP contribution in [0.1, 0.15) is 13.8 Å². The predicted molar refractivity (Wildman–Crippen MR) is 37.7 cm³/mol. The van der Waals surface area contributed by atoms with Gasteiger partial charge in [0.05, 0.1) is 6.54 Å². The lowest BCUT2D eigenvalue weighted by Crippen LogP contribution is -2.41. The van der Waals surface area contributed by atoms with E-state index in [1.54, 1.807) is 6.92 Å². The second kappa shape index (κ2) is 4.10. The van der Waals surface area contributed by atoms with Crippen LogP contribution in [0.5, 0.6) is 0 Å². The molecule has 0 spiro atoms. The molecule has 2 N–H and O–H groups in total. The van der Waals surface area contributed by atoms with Gasteiger partial charge in [0, 0.05) is 13.5 Å². The van der Waals surface area contributed by atoms with Crippen molar-refractivity contribution in [2.75, 3.05) is 13.1 Å². The monoisotopic (exact) mass is 166 g/mol. The van der Waals surface area contributed by atoms with Crippen molar-refractivity contribution >= 4 is 6.03 Å². The third kappa shape index (κ3) is 7.02. The van der Waals surface area contributed by atoms with E-state index in [0.29, 0.717) is 6.54 Å². The maximum Gasteiger partial charge on any atom is 0.314 e. The largest absolute Gasteiger partial charge is 0.338 e. The minimum absolute atomic E-state index is 0.432. The van der Waals surface area contributed by atoms with Crippen LogP contribution in [0.2, 0.25) is 0 Å². The summed E-state index contributed by atoms with van der Waals surface area (Å²) in [5.41, 5.74) is 0. The Morgan fingerprint density at radius 2 is 2.00 bits per heavy atom. The fourth-order valence-electron chi connectivity index (χ4n) is 0.459. The summed E-state index contributed by atoms with van der Waals surface area (Å²) in [5.74, 6) is -2.84. The Morgan fingerprint density at radius 1 is 1.45 bits per heavy atom. The second-order valence-corrected chi connectivity index (χ2v) is 2.28. The van der Waals surface area contributed by atoms with Gasteiger partial charge in [-0.25, -0.2) is 13.6 Å². The van der Waals surface area contributed by atoms with Crippen LogP contribution in [0.4, 0.5) is 13.6 Å². The van der Waals surface area contributed by atoms with E-state index in [9.17, 15) is 13.6 Å². The van der Waals surface area contributed by atoms with Crippen LogP contribution in [0.25, 0.3) is 0 Å². The zero-order valence-electron chi connectivity index (χ0n) is 6.58. The van der Waals surface area contributed by atoms with Crippen LogP contribution in [0.15, 0.2) is 0 Å². The van der Waals surface area contributed by atoms with E-state index in [-0.39, 0.29) is 0 Å². The van der Waals surface area contributed by atoms with E-state index >= 15 is 0 Å². The molecule has 5 heteroatoms. The average molecular weight is 166 g/mol. The van der Waals surface area contributed by atoms with Crippen LogP contribution in [0.3, 0.4) is 0 Å². The summed E-state index contributed by atoms with van der Waals surface area (Å²) in [5, 5.41) is 4.36. The highest BCUT2D eigenvalue weighted by molar-refractivity contribution is 5.73. The Hall–Kier alpha value is -0.870. The molecule has 2 amide bonds. The van der Waals surface area contributed by atoms with E-state index < -0.39 is 18.5 Å². The number of nitrogens with one attached hydrogen (secondary N) is 2. The van der Waals surface area contributed by atoms with Crippen LogP contribution < -0.4 is 10.6 Å². The molecule has 0 aromatic carbocycles. The molecule has 0 aliphatic rings. The molecule has 0 aromatic heterocycles. The number of hydrogen-bond acceptors (Lipinski definition) is 1. The van der Waals surface area contributed by atoms with Crippen molar-refractivity contribution < 1.29 is 13.6 Å². The maximum absolute atomic E-state index is 12.1. The van der Waals surface area contributed by atoms with Crippen molar-refractivity contribution in [1.29, 1.82) is 0 Å². The zero-order chi connectivity index (χ0) is 8.91. The van der Waals surface area contributed by atoms with Gasteiger partial charge in [0.2, 0.25) is 0 Å². The minimum atomic E-state index is -2.84. The fourth-order valence-corrected chi connectivity index (χ4v) is 0.459. The van der Waals surface area contributed by atoms with Crippen molar-refractivity contribution in [3.8, 4) is 0 Å². The number of urea groups is 1. The fraction of sp³-hybridized carbons (Fsp3) is 0.833. The first-order chi connectivity index (χ1) is 4.95. The summed E-state index contributed by atoms with van der Waals surface area (Å²) in [4.78, 5) is 10.5. The number of alkyl halides is 2. The number of amides is 2. The average Bonchev–Trinajstić information content (AvgIpc) is 1.83. The number of carbonyl (C=O) groups excluding carboxylic acids is 1. The first kappa shape index (κ1) is 10.1. The summed E-state index contributed by atoms with van der Waals surface area (Å²) in [6.07, 6.45) is 0. The van der Waals surface area contributed by atoms with Crippen molar-refractivity contribution in [2.45, 2.75) is 19.8 Å². The first-order valence-electron chi connectivity index (χ1n) is 3.35. The van der Waals surface area contributed by atoms with Crippen LogP contribution in [-0.2, 0) is 0 Å². The van der Waals surface area contributed by atoms with E-state index in [2.05, 4.69) is 5.32 Å². The van der Waals surface area contributed by atoms with Crippen molar-refractivity contribution in [3.05, 3.63) is 0 Å². The van der Waals surface area contributed by atoms with Gasteiger partial charge >= 0.3 is 6.03 Å². The molecule has 0 fully saturated rings. The number of rotatable bonds is 3. The van der Waals surface area contributed by atoms with Crippen molar-refractivity contribution in [3.63, 3.8) is 0 Å². The molecule has 0 saturated heterocycles. The van der Waals surface area contributed by atoms with E-state index in [1.807, 2.05) is 5.32 Å². The molecule has 0 aliphatic heterocycles. The van der Waals surface area contributed by atoms with Gasteiger partial charge in [-0.05, 0) is 6.92 Å². The van der Waals surface area contributed by atoms with Crippen LogP contribution in [-0.4, -0.2) is 25.0 Å². The minimum Gasteiger partial charge on any atom is -0.338 e. The topological polar surface area (TPSA) is 41.1 Å². The molecule has 0 radical (unpaired) electrons. The van der Waals surface area contributed by atoms with E-state index in [1.165, 1.54) is 0 Å². The van der Waals surface area contributed by atoms with Gasteiger partial charge < -0.3 is 10.6 Å². The molecule has 0 heterocycles. The number of carbonyl (C=O) groups is 1. The second-order valence-electron chi connectivity index (χ2n) is 2.28. The molecule has 0 bridgehead atoms. The number of halogens is 2. The van der Waals surface area contributed by atoms with Crippen LogP contribution in [0, 0.1) is 0 Å². The summed E-state index contributed by atoms with van der Waals surface area (Å²) in [6.45, 7) is 2.27. The normalized spacial score (nSPS) is 10.9. The predicted octanol–water partition coefficient (Wildman–Crippen LogP) is 0.961. The molecular formula is C6H12F2N2O. The highest BCUT2D eigenvalue weighted by Crippen LogP contribution is 2.08. The van der Waals surface area contributed by atoms with Crippen molar-refractivity contribution in [1.82, 2.24) is 10.6 Å². The molecule has 0 unspecified atom stereocenters. The van der Waals surface area contributed by atoms with Crippen molar-refractivity contribution in [2.24, 2.45) is 0 Å². The third-order valence-electron chi connectivity index (χ3n) is 0.897. The van der Waals surface area contributed by atoms with E-state index in [4.69, 9.17) is 0 Å². The third-order valence-corrected chi connectivity index (χ3v) is 0.897. The molecule has 66 valence electrons. The van der Waals surface area contributed by atoms with E-state index in [0.717, 1.165) is 6.92 Å². The maximum atomic E-state index is 12.1. The summed E-state index contributed by atoms with van der Waals surface area (Å²) in [7, 11) is 0. The van der Waals surface area contributed by atoms with Crippen LogP contribution >= 0.6 is 0 Å². The summed E-state index contributed by atoms with van der Waals surface area (Å²) in [6, 6.07) is -0.561. The van der Waals surface area contributed by atoms with Gasteiger partial charge in [-0.3, -0.25) is 0 Å². The molecule has 3 nitrogen and oxygen atoms in total. The Bertz CT molecular complexity index is 133. The van der Waals surface area contributed by atoms with Gasteiger partial charge in [-0.2, -0.15) is 0 Å². The molecule has 0 rings (SSSR count). The molecule has 0 saturated carbocycles. The smallest absolute Gasteiger partial charge is 0.314 e. The Morgan fingerprint density at radius 3 is 2.36 bits per heavy atom. The lowest BCUT2D eigenvalue weighted by atomic mass is 10.4. The van der Waals surface area contributed by atoms with Gasteiger partial charge in [0.1, 0.15) is 0 Å². The lowest BCUT2D eigenvalue weighted by Gasteiger charge is -2.11. The molecule has 11 heavy (non-hydrogen) atoms. The highest BCUT2D eigenvalue weighted by atomic mass is 19.3. The molecule has 0 aromatic rings. The lowest BCUT2D eigenvalue weighted by molar-refractivity contribution is 0.0253. The van der Waals surface area contributed by atoms with Gasteiger partial charge in [0.15, 0.2) is 0 Å². The highest BCUT2D eigenvalue weighted by Gasteiger charge is 2.21. The first-order valence-corrected chi connectivity index (χ1v) is 3.35.